The fourth-order valence-corrected chi connectivity index (χ4v) is 5.48. The lowest BCUT2D eigenvalue weighted by atomic mass is 9.71. The summed E-state index contributed by atoms with van der Waals surface area (Å²) in [7, 11) is 0. The minimum atomic E-state index is -0.430. The molecule has 1 heterocycles. The van der Waals surface area contributed by atoms with Crippen molar-refractivity contribution in [3.8, 4) is 0 Å². The van der Waals surface area contributed by atoms with Crippen molar-refractivity contribution in [3.05, 3.63) is 82.7 Å². The van der Waals surface area contributed by atoms with Gasteiger partial charge in [-0.1, -0.05) is 55.5 Å². The zero-order valence-corrected chi connectivity index (χ0v) is 17.0. The molecule has 4 aliphatic rings. The summed E-state index contributed by atoms with van der Waals surface area (Å²) in [6.45, 7) is 2.31. The molecule has 1 aromatic carbocycles. The number of fused-ring (bicyclic) bond motifs is 5. The molecule has 0 saturated carbocycles. The number of rotatable bonds is 2. The number of hydrogen-bond acceptors (Lipinski definition) is 2. The van der Waals surface area contributed by atoms with E-state index in [2.05, 4.69) is 81.8 Å². The van der Waals surface area contributed by atoms with Crippen LogP contribution >= 0.6 is 15.9 Å². The van der Waals surface area contributed by atoms with E-state index in [1.165, 1.54) is 33.4 Å². The van der Waals surface area contributed by atoms with Crippen molar-refractivity contribution in [1.29, 1.82) is 0 Å². The maximum atomic E-state index is 4.37. The molecule has 3 atom stereocenters. The highest BCUT2D eigenvalue weighted by Crippen LogP contribution is 2.49. The molecular formula is C24H23BrN2. The summed E-state index contributed by atoms with van der Waals surface area (Å²) in [5.74, 6) is 1.07. The number of aliphatic imine (C=N–C) groups is 1. The van der Waals surface area contributed by atoms with E-state index in [1.807, 2.05) is 12.4 Å². The summed E-state index contributed by atoms with van der Waals surface area (Å²) in [5.41, 5.74) is 8.51. The maximum absolute atomic E-state index is 4.37. The number of halogens is 1. The number of nitrogens with zero attached hydrogens (tertiary/aromatic N) is 1. The molecule has 0 amide bonds. The Bertz CT molecular complexity index is 976. The lowest BCUT2D eigenvalue weighted by molar-refractivity contribution is 0.654. The number of allylic oxidation sites excluding steroid dienone is 6. The molecule has 2 nitrogen and oxygen atoms in total. The SMILES string of the molecule is CCC1CC=C(C2(Br)C=NC=CN2)c2ccc3c(c21)C=CC1=CC=CCC13. The van der Waals surface area contributed by atoms with Gasteiger partial charge < -0.3 is 5.32 Å². The lowest BCUT2D eigenvalue weighted by Gasteiger charge is -2.37. The first kappa shape index (κ1) is 17.0. The Balaban J connectivity index is 1.68. The van der Waals surface area contributed by atoms with Crippen molar-refractivity contribution >= 4 is 33.8 Å². The summed E-state index contributed by atoms with van der Waals surface area (Å²) in [6, 6.07) is 4.70. The standard InChI is InChI=1S/C24H23BrN2/c1-2-16-8-12-22(24(25)15-26-13-14-27-24)21-11-10-19-18-6-4-3-5-17(18)7-9-20(19)23(16)21/h3-5,7,9-16,18,27H,2,6,8H2,1H3. The van der Waals surface area contributed by atoms with Crippen LogP contribution in [0.3, 0.4) is 0 Å². The molecule has 3 heteroatoms. The zero-order valence-electron chi connectivity index (χ0n) is 15.5. The van der Waals surface area contributed by atoms with Crippen molar-refractivity contribution in [2.45, 2.75) is 42.5 Å². The van der Waals surface area contributed by atoms with Crippen LogP contribution in [-0.2, 0) is 0 Å². The minimum absolute atomic E-state index is 0.430. The highest BCUT2D eigenvalue weighted by atomic mass is 79.9. The van der Waals surface area contributed by atoms with Crippen molar-refractivity contribution in [2.24, 2.45) is 4.99 Å². The lowest BCUT2D eigenvalue weighted by Crippen LogP contribution is -2.41. The molecular weight excluding hydrogens is 396 g/mol. The molecule has 0 bridgehead atoms. The van der Waals surface area contributed by atoms with Crippen molar-refractivity contribution < 1.29 is 0 Å². The number of nitrogens with one attached hydrogen (secondary N) is 1. The molecule has 0 saturated heterocycles. The van der Waals surface area contributed by atoms with Gasteiger partial charge in [0.15, 0.2) is 4.45 Å². The van der Waals surface area contributed by atoms with Gasteiger partial charge in [0.05, 0.1) is 0 Å². The van der Waals surface area contributed by atoms with Gasteiger partial charge in [-0.05, 0) is 74.5 Å². The van der Waals surface area contributed by atoms with Gasteiger partial charge in [0.1, 0.15) is 0 Å². The van der Waals surface area contributed by atoms with Crippen LogP contribution in [-0.4, -0.2) is 10.7 Å². The zero-order chi connectivity index (χ0) is 18.4. The van der Waals surface area contributed by atoms with Gasteiger partial charge in [-0.25, -0.2) is 0 Å². The third-order valence-corrected chi connectivity index (χ3v) is 7.09. The first-order chi connectivity index (χ1) is 13.2. The van der Waals surface area contributed by atoms with Gasteiger partial charge in [-0.15, -0.1) is 0 Å². The van der Waals surface area contributed by atoms with Crippen LogP contribution in [0.4, 0.5) is 0 Å². The molecule has 136 valence electrons. The molecule has 0 spiro atoms. The minimum Gasteiger partial charge on any atom is -0.367 e. The summed E-state index contributed by atoms with van der Waals surface area (Å²) in [6.07, 6.45) is 22.8. The Kier molecular flexibility index (Phi) is 4.08. The fraction of sp³-hybridized carbons (Fsp3) is 0.292. The average Bonchev–Trinajstić information content (AvgIpc) is 2.72. The van der Waals surface area contributed by atoms with Gasteiger partial charge >= 0.3 is 0 Å². The predicted molar refractivity (Wildman–Crippen MR) is 118 cm³/mol. The van der Waals surface area contributed by atoms with E-state index in [0.29, 0.717) is 11.8 Å². The highest BCUT2D eigenvalue weighted by Gasteiger charge is 2.37. The van der Waals surface area contributed by atoms with Crippen molar-refractivity contribution in [3.63, 3.8) is 0 Å². The van der Waals surface area contributed by atoms with E-state index in [0.717, 1.165) is 19.3 Å². The first-order valence-electron chi connectivity index (χ1n) is 9.80. The molecule has 1 N–H and O–H groups in total. The van der Waals surface area contributed by atoms with Gasteiger partial charge in [0.2, 0.25) is 0 Å². The third-order valence-electron chi connectivity index (χ3n) is 6.23. The Hall–Kier alpha value is -2.13. The van der Waals surface area contributed by atoms with Crippen LogP contribution in [0.5, 0.6) is 0 Å². The Morgan fingerprint density at radius 2 is 2.19 bits per heavy atom. The number of benzene rings is 1. The van der Waals surface area contributed by atoms with E-state index in [-0.39, 0.29) is 0 Å². The van der Waals surface area contributed by atoms with E-state index in [4.69, 9.17) is 0 Å². The highest BCUT2D eigenvalue weighted by molar-refractivity contribution is 9.10. The Morgan fingerprint density at radius 3 is 3.00 bits per heavy atom. The topological polar surface area (TPSA) is 24.4 Å². The molecule has 1 aromatic rings. The normalized spacial score (nSPS) is 30.0. The molecule has 0 aromatic heterocycles. The number of alkyl halides is 1. The van der Waals surface area contributed by atoms with Crippen LogP contribution in [0.2, 0.25) is 0 Å². The van der Waals surface area contributed by atoms with Gasteiger partial charge in [0.25, 0.3) is 0 Å². The Morgan fingerprint density at radius 1 is 1.26 bits per heavy atom. The maximum Gasteiger partial charge on any atom is 0.154 e. The van der Waals surface area contributed by atoms with Gasteiger partial charge in [0, 0.05) is 24.5 Å². The second kappa shape index (κ2) is 6.49. The van der Waals surface area contributed by atoms with Crippen LogP contribution < -0.4 is 5.32 Å². The van der Waals surface area contributed by atoms with Gasteiger partial charge in [-0.2, -0.15) is 0 Å². The van der Waals surface area contributed by atoms with Crippen LogP contribution in [0.25, 0.3) is 11.6 Å². The molecule has 5 rings (SSSR count). The molecule has 1 aliphatic heterocycles. The Labute approximate surface area is 169 Å². The van der Waals surface area contributed by atoms with Crippen LogP contribution in [0.1, 0.15) is 60.3 Å². The molecule has 0 radical (unpaired) electrons. The van der Waals surface area contributed by atoms with Gasteiger partial charge in [-0.3, -0.25) is 4.99 Å². The van der Waals surface area contributed by atoms with E-state index in [9.17, 15) is 0 Å². The summed E-state index contributed by atoms with van der Waals surface area (Å²) in [4.78, 5) is 4.37. The monoisotopic (exact) mass is 418 g/mol. The summed E-state index contributed by atoms with van der Waals surface area (Å²) in [5, 5.41) is 3.45. The van der Waals surface area contributed by atoms with E-state index in [1.54, 1.807) is 6.20 Å². The molecule has 0 fully saturated rings. The smallest absolute Gasteiger partial charge is 0.154 e. The quantitative estimate of drug-likeness (QED) is 0.448. The first-order valence-corrected chi connectivity index (χ1v) is 10.6. The van der Waals surface area contributed by atoms with Crippen LogP contribution in [0, 0.1) is 0 Å². The van der Waals surface area contributed by atoms with Crippen molar-refractivity contribution in [1.82, 2.24) is 5.32 Å². The second-order valence-corrected chi connectivity index (χ2v) is 8.91. The van der Waals surface area contributed by atoms with E-state index < -0.39 is 4.45 Å². The fourth-order valence-electron chi connectivity index (χ4n) is 4.86. The van der Waals surface area contributed by atoms with Crippen LogP contribution in [0.15, 0.2) is 65.5 Å². The number of hydrogen-bond donors (Lipinski definition) is 1. The second-order valence-electron chi connectivity index (χ2n) is 7.65. The summed E-state index contributed by atoms with van der Waals surface area (Å²) >= 11 is 3.90. The molecule has 3 aliphatic carbocycles. The van der Waals surface area contributed by atoms with E-state index >= 15 is 0 Å². The largest absolute Gasteiger partial charge is 0.367 e. The molecule has 27 heavy (non-hydrogen) atoms. The summed E-state index contributed by atoms with van der Waals surface area (Å²) < 4.78 is -0.430. The average molecular weight is 419 g/mol. The third kappa shape index (κ3) is 2.63. The molecule has 3 unspecified atom stereocenters. The van der Waals surface area contributed by atoms with Crippen molar-refractivity contribution in [2.75, 3.05) is 0 Å². The predicted octanol–water partition coefficient (Wildman–Crippen LogP) is 6.20.